The number of hydrogen-bond donors (Lipinski definition) is 2. The summed E-state index contributed by atoms with van der Waals surface area (Å²) < 4.78 is 0. The molecule has 0 saturated heterocycles. The lowest BCUT2D eigenvalue weighted by Gasteiger charge is -2.38. The molecule has 1 aliphatic carbocycles. The maximum atomic E-state index is 12.2. The van der Waals surface area contributed by atoms with Gasteiger partial charge < -0.3 is 10.4 Å². The molecule has 1 fully saturated rings. The van der Waals surface area contributed by atoms with Gasteiger partial charge in [-0.25, -0.2) is 4.98 Å². The van der Waals surface area contributed by atoms with Gasteiger partial charge in [0.15, 0.2) is 0 Å². The third kappa shape index (κ3) is 2.93. The maximum Gasteiger partial charge on any atom is 0.311 e. The van der Waals surface area contributed by atoms with Crippen molar-refractivity contribution in [1.29, 1.82) is 0 Å². The normalized spacial score (nSPS) is 26.0. The second-order valence-electron chi connectivity index (χ2n) is 5.34. The van der Waals surface area contributed by atoms with Crippen LogP contribution in [-0.4, -0.2) is 28.0 Å². The minimum Gasteiger partial charge on any atom is -0.481 e. The average molecular weight is 297 g/mol. The molecule has 2 N–H and O–H groups in total. The second-order valence-corrected chi connectivity index (χ2v) is 5.73. The van der Waals surface area contributed by atoms with Crippen molar-refractivity contribution < 1.29 is 14.7 Å². The van der Waals surface area contributed by atoms with E-state index in [0.717, 1.165) is 12.8 Å². The van der Waals surface area contributed by atoms with E-state index in [2.05, 4.69) is 10.3 Å². The first-order valence-electron chi connectivity index (χ1n) is 6.60. The fourth-order valence-electron chi connectivity index (χ4n) is 2.59. The highest BCUT2D eigenvalue weighted by Gasteiger charge is 2.43. The Morgan fingerprint density at radius 3 is 2.85 bits per heavy atom. The molecule has 1 heterocycles. The van der Waals surface area contributed by atoms with E-state index in [4.69, 9.17) is 11.6 Å². The SMILES string of the molecule is CC1(C(=O)O)CCCCC1NC(=O)c1cccc(Cl)n1. The minimum atomic E-state index is -0.924. The quantitative estimate of drug-likeness (QED) is 0.840. The summed E-state index contributed by atoms with van der Waals surface area (Å²) in [5, 5.41) is 12.4. The van der Waals surface area contributed by atoms with Gasteiger partial charge in [-0.2, -0.15) is 0 Å². The molecular formula is C14H17ClN2O3. The van der Waals surface area contributed by atoms with E-state index >= 15 is 0 Å². The van der Waals surface area contributed by atoms with E-state index in [1.54, 1.807) is 25.1 Å². The van der Waals surface area contributed by atoms with Crippen LogP contribution in [-0.2, 0) is 4.79 Å². The van der Waals surface area contributed by atoms with E-state index in [-0.39, 0.29) is 22.8 Å². The van der Waals surface area contributed by atoms with Crippen molar-refractivity contribution in [2.75, 3.05) is 0 Å². The third-order valence-electron chi connectivity index (χ3n) is 3.95. The Bertz CT molecular complexity index is 535. The lowest BCUT2D eigenvalue weighted by Crippen LogP contribution is -2.52. The first kappa shape index (κ1) is 14.8. The highest BCUT2D eigenvalue weighted by Crippen LogP contribution is 2.36. The van der Waals surface area contributed by atoms with Crippen LogP contribution in [0.5, 0.6) is 0 Å². The summed E-state index contributed by atoms with van der Waals surface area (Å²) >= 11 is 5.75. The van der Waals surface area contributed by atoms with E-state index in [1.807, 2.05) is 0 Å². The summed E-state index contributed by atoms with van der Waals surface area (Å²) in [6.45, 7) is 1.69. The molecule has 2 unspecified atom stereocenters. The fourth-order valence-corrected chi connectivity index (χ4v) is 2.75. The molecule has 0 radical (unpaired) electrons. The van der Waals surface area contributed by atoms with Gasteiger partial charge >= 0.3 is 5.97 Å². The number of halogens is 1. The summed E-state index contributed by atoms with van der Waals surface area (Å²) in [6, 6.07) is 4.39. The number of nitrogens with one attached hydrogen (secondary N) is 1. The van der Waals surface area contributed by atoms with Gasteiger partial charge in [0.25, 0.3) is 5.91 Å². The van der Waals surface area contributed by atoms with Gasteiger partial charge in [0.05, 0.1) is 5.41 Å². The molecule has 1 saturated carbocycles. The molecule has 2 rings (SSSR count). The number of carboxylic acid groups (broad SMARTS) is 1. The monoisotopic (exact) mass is 296 g/mol. The number of nitrogens with zero attached hydrogens (tertiary/aromatic N) is 1. The molecule has 20 heavy (non-hydrogen) atoms. The summed E-state index contributed by atoms with van der Waals surface area (Å²) in [6.07, 6.45) is 3.01. The van der Waals surface area contributed by atoms with Crippen LogP contribution in [0.15, 0.2) is 18.2 Å². The van der Waals surface area contributed by atoms with Crippen molar-refractivity contribution in [2.24, 2.45) is 5.41 Å². The molecule has 0 spiro atoms. The summed E-state index contributed by atoms with van der Waals surface area (Å²) in [7, 11) is 0. The summed E-state index contributed by atoms with van der Waals surface area (Å²) in [5.74, 6) is -1.26. The van der Waals surface area contributed by atoms with E-state index in [1.165, 1.54) is 0 Å². The van der Waals surface area contributed by atoms with Crippen LogP contribution >= 0.6 is 11.6 Å². The van der Waals surface area contributed by atoms with E-state index < -0.39 is 11.4 Å². The Morgan fingerprint density at radius 2 is 2.20 bits per heavy atom. The lowest BCUT2D eigenvalue weighted by molar-refractivity contribution is -0.151. The Kier molecular flexibility index (Phi) is 4.28. The van der Waals surface area contributed by atoms with E-state index in [9.17, 15) is 14.7 Å². The van der Waals surface area contributed by atoms with Gasteiger partial charge in [0, 0.05) is 6.04 Å². The molecule has 1 amide bonds. The van der Waals surface area contributed by atoms with Crippen LogP contribution in [0.3, 0.4) is 0 Å². The molecule has 108 valence electrons. The molecule has 0 aromatic carbocycles. The molecular weight excluding hydrogens is 280 g/mol. The number of pyridine rings is 1. The number of aliphatic carboxylic acids is 1. The molecule has 1 aromatic rings. The number of carbonyl (C=O) groups is 2. The van der Waals surface area contributed by atoms with Crippen molar-refractivity contribution in [2.45, 2.75) is 38.6 Å². The molecule has 5 nitrogen and oxygen atoms in total. The summed E-state index contributed by atoms with van der Waals surface area (Å²) in [4.78, 5) is 27.6. The third-order valence-corrected chi connectivity index (χ3v) is 4.16. The highest BCUT2D eigenvalue weighted by molar-refractivity contribution is 6.29. The molecule has 1 aliphatic rings. The van der Waals surface area contributed by atoms with Crippen LogP contribution in [0.1, 0.15) is 43.1 Å². The highest BCUT2D eigenvalue weighted by atomic mass is 35.5. The van der Waals surface area contributed by atoms with Crippen LogP contribution in [0, 0.1) is 5.41 Å². The zero-order valence-electron chi connectivity index (χ0n) is 11.2. The zero-order valence-corrected chi connectivity index (χ0v) is 12.0. The van der Waals surface area contributed by atoms with E-state index in [0.29, 0.717) is 12.8 Å². The smallest absolute Gasteiger partial charge is 0.311 e. The van der Waals surface area contributed by atoms with Crippen LogP contribution in [0.2, 0.25) is 5.15 Å². The molecule has 0 bridgehead atoms. The molecule has 6 heteroatoms. The van der Waals surface area contributed by atoms with Crippen LogP contribution in [0.25, 0.3) is 0 Å². The predicted octanol–water partition coefficient (Wildman–Crippen LogP) is 2.50. The van der Waals surface area contributed by atoms with Crippen molar-refractivity contribution in [3.63, 3.8) is 0 Å². The van der Waals surface area contributed by atoms with Gasteiger partial charge in [-0.3, -0.25) is 9.59 Å². The molecule has 1 aromatic heterocycles. The molecule has 2 atom stereocenters. The predicted molar refractivity (Wildman–Crippen MR) is 74.7 cm³/mol. The van der Waals surface area contributed by atoms with Gasteiger partial charge in [-0.1, -0.05) is 30.5 Å². The van der Waals surface area contributed by atoms with Crippen molar-refractivity contribution in [3.8, 4) is 0 Å². The standard InChI is InChI=1S/C14H17ClN2O3/c1-14(13(19)20)8-3-2-6-10(14)17-12(18)9-5-4-7-11(15)16-9/h4-5,7,10H,2-3,6,8H2,1H3,(H,17,18)(H,19,20). The Balaban J connectivity index is 2.15. The average Bonchev–Trinajstić information content (AvgIpc) is 2.41. The number of rotatable bonds is 3. The van der Waals surface area contributed by atoms with Crippen molar-refractivity contribution in [3.05, 3.63) is 29.0 Å². The van der Waals surface area contributed by atoms with Crippen molar-refractivity contribution >= 4 is 23.5 Å². The first-order valence-corrected chi connectivity index (χ1v) is 6.98. The van der Waals surface area contributed by atoms with Gasteiger partial charge in [0.1, 0.15) is 10.8 Å². The number of carbonyl (C=O) groups excluding carboxylic acids is 1. The topological polar surface area (TPSA) is 79.3 Å². The molecule has 0 aliphatic heterocycles. The van der Waals surface area contributed by atoms with Gasteiger partial charge in [0.2, 0.25) is 0 Å². The Labute approximate surface area is 122 Å². The maximum absolute atomic E-state index is 12.2. The number of amides is 1. The first-order chi connectivity index (χ1) is 9.43. The fraction of sp³-hybridized carbons (Fsp3) is 0.500. The van der Waals surface area contributed by atoms with Gasteiger partial charge in [-0.15, -0.1) is 0 Å². The number of carboxylic acids is 1. The zero-order chi connectivity index (χ0) is 14.8. The number of aromatic nitrogens is 1. The van der Waals surface area contributed by atoms with Gasteiger partial charge in [-0.05, 0) is 31.9 Å². The van der Waals surface area contributed by atoms with Crippen LogP contribution < -0.4 is 5.32 Å². The van der Waals surface area contributed by atoms with Crippen LogP contribution in [0.4, 0.5) is 0 Å². The van der Waals surface area contributed by atoms with Crippen molar-refractivity contribution in [1.82, 2.24) is 10.3 Å². The largest absolute Gasteiger partial charge is 0.481 e. The Hall–Kier alpha value is -1.62. The minimum absolute atomic E-state index is 0.204. The Morgan fingerprint density at radius 1 is 1.45 bits per heavy atom. The number of hydrogen-bond acceptors (Lipinski definition) is 3. The summed E-state index contributed by atoms with van der Waals surface area (Å²) in [5.41, 5.74) is -0.720. The lowest BCUT2D eigenvalue weighted by atomic mass is 9.71. The second kappa shape index (κ2) is 5.79.